The molecule has 2 heteroatoms. The summed E-state index contributed by atoms with van der Waals surface area (Å²) in [6.45, 7) is 0.953. The molecule has 1 aromatic carbocycles. The zero-order valence-corrected chi connectivity index (χ0v) is 12.0. The van der Waals surface area contributed by atoms with Crippen LogP contribution in [0.25, 0.3) is 0 Å². The van der Waals surface area contributed by atoms with Crippen molar-refractivity contribution in [3.63, 3.8) is 0 Å². The Labute approximate surface area is 115 Å². The van der Waals surface area contributed by atoms with Crippen molar-refractivity contribution >= 4 is 11.8 Å². The quantitative estimate of drug-likeness (QED) is 0.807. The van der Waals surface area contributed by atoms with Gasteiger partial charge in [0.2, 0.25) is 0 Å². The Balaban J connectivity index is 1.92. The molecule has 1 unspecified atom stereocenters. The third kappa shape index (κ3) is 4.51. The Bertz CT molecular complexity index is 369. The maximum absolute atomic E-state index is 3.18. The van der Waals surface area contributed by atoms with E-state index in [9.17, 15) is 0 Å². The summed E-state index contributed by atoms with van der Waals surface area (Å²) in [5.74, 6) is 0. The molecule has 0 aromatic heterocycles. The lowest BCUT2D eigenvalue weighted by Gasteiger charge is -2.15. The van der Waals surface area contributed by atoms with Crippen LogP contribution in [-0.2, 0) is 6.54 Å². The van der Waals surface area contributed by atoms with Gasteiger partial charge in [-0.1, -0.05) is 37.1 Å². The number of nitrogens with one attached hydrogen (secondary N) is 1. The molecule has 1 N–H and O–H groups in total. The minimum atomic E-state index is 0.667. The summed E-state index contributed by atoms with van der Waals surface area (Å²) in [6, 6.07) is 8.96. The van der Waals surface area contributed by atoms with Gasteiger partial charge in [-0.2, -0.15) is 0 Å². The van der Waals surface area contributed by atoms with Gasteiger partial charge in [0.05, 0.1) is 0 Å². The first-order valence-electron chi connectivity index (χ1n) is 6.95. The summed E-state index contributed by atoms with van der Waals surface area (Å²) in [7, 11) is 1.99. The lowest BCUT2D eigenvalue weighted by Crippen LogP contribution is -2.04. The fourth-order valence-electron chi connectivity index (χ4n) is 2.29. The number of thioether (sulfide) groups is 1. The third-order valence-electron chi connectivity index (χ3n) is 3.30. The van der Waals surface area contributed by atoms with Crippen molar-refractivity contribution in [3.8, 4) is 0 Å². The molecule has 1 aliphatic carbocycles. The second-order valence-electron chi connectivity index (χ2n) is 4.90. The van der Waals surface area contributed by atoms with E-state index in [0.717, 1.165) is 6.54 Å². The Hall–Kier alpha value is -0.730. The van der Waals surface area contributed by atoms with Crippen molar-refractivity contribution in [2.75, 3.05) is 7.05 Å². The van der Waals surface area contributed by atoms with Crippen LogP contribution in [0.5, 0.6) is 0 Å². The fourth-order valence-corrected chi connectivity index (χ4v) is 3.41. The Morgan fingerprint density at radius 2 is 2.00 bits per heavy atom. The smallest absolute Gasteiger partial charge is 0.0274 e. The zero-order chi connectivity index (χ0) is 12.6. The standard InChI is InChI=1S/C16H23NS/c1-17-13-14-9-11-16(12-10-14)18-15-7-5-3-2-4-6-8-15/h5,7,9-12,15,17H,2-4,6,8,13H2,1H3/b7-5+. The van der Waals surface area contributed by atoms with Crippen LogP contribution in [0.3, 0.4) is 0 Å². The van der Waals surface area contributed by atoms with Crippen molar-refractivity contribution in [1.29, 1.82) is 0 Å². The van der Waals surface area contributed by atoms with Crippen molar-refractivity contribution < 1.29 is 0 Å². The molecule has 0 fully saturated rings. The molecule has 0 spiro atoms. The summed E-state index contributed by atoms with van der Waals surface area (Å²) < 4.78 is 0. The Morgan fingerprint density at radius 1 is 1.17 bits per heavy atom. The van der Waals surface area contributed by atoms with E-state index in [2.05, 4.69) is 41.7 Å². The first kappa shape index (κ1) is 13.7. The van der Waals surface area contributed by atoms with E-state index in [0.29, 0.717) is 5.25 Å². The van der Waals surface area contributed by atoms with Crippen LogP contribution in [-0.4, -0.2) is 12.3 Å². The minimum absolute atomic E-state index is 0.667. The van der Waals surface area contributed by atoms with E-state index in [1.54, 1.807) is 0 Å². The van der Waals surface area contributed by atoms with Crippen LogP contribution in [0, 0.1) is 0 Å². The molecule has 0 heterocycles. The average Bonchev–Trinajstić information content (AvgIpc) is 2.35. The SMILES string of the molecule is CNCc1ccc(SC2/C=C/CCCCC2)cc1. The van der Waals surface area contributed by atoms with E-state index < -0.39 is 0 Å². The predicted molar refractivity (Wildman–Crippen MR) is 81.1 cm³/mol. The highest BCUT2D eigenvalue weighted by Crippen LogP contribution is 2.29. The van der Waals surface area contributed by atoms with Crippen LogP contribution in [0.15, 0.2) is 41.3 Å². The molecule has 0 saturated heterocycles. The fraction of sp³-hybridized carbons (Fsp3) is 0.500. The monoisotopic (exact) mass is 261 g/mol. The first-order chi connectivity index (χ1) is 8.88. The summed E-state index contributed by atoms with van der Waals surface area (Å²) in [6.07, 6.45) is 11.5. The first-order valence-corrected chi connectivity index (χ1v) is 7.83. The maximum Gasteiger partial charge on any atom is 0.0274 e. The highest BCUT2D eigenvalue weighted by molar-refractivity contribution is 8.00. The summed E-state index contributed by atoms with van der Waals surface area (Å²) in [5, 5.41) is 3.85. The van der Waals surface area contributed by atoms with Gasteiger partial charge in [-0.3, -0.25) is 0 Å². The van der Waals surface area contributed by atoms with Crippen LogP contribution in [0.4, 0.5) is 0 Å². The lowest BCUT2D eigenvalue weighted by molar-refractivity contribution is 0.643. The largest absolute Gasteiger partial charge is 0.316 e. The van der Waals surface area contributed by atoms with E-state index in [1.165, 1.54) is 42.6 Å². The van der Waals surface area contributed by atoms with Crippen LogP contribution >= 0.6 is 11.8 Å². The summed E-state index contributed by atoms with van der Waals surface area (Å²) in [4.78, 5) is 1.39. The Morgan fingerprint density at radius 3 is 2.78 bits per heavy atom. The van der Waals surface area contributed by atoms with E-state index in [4.69, 9.17) is 0 Å². The zero-order valence-electron chi connectivity index (χ0n) is 11.2. The highest BCUT2D eigenvalue weighted by Gasteiger charge is 2.08. The molecule has 1 atom stereocenters. The number of allylic oxidation sites excluding steroid dienone is 1. The molecule has 0 amide bonds. The van der Waals surface area contributed by atoms with E-state index >= 15 is 0 Å². The molecule has 2 rings (SSSR count). The van der Waals surface area contributed by atoms with Gasteiger partial charge in [-0.15, -0.1) is 11.8 Å². The second-order valence-corrected chi connectivity index (χ2v) is 6.21. The minimum Gasteiger partial charge on any atom is -0.316 e. The Kier molecular flexibility index (Phi) is 5.82. The van der Waals surface area contributed by atoms with Crippen molar-refractivity contribution in [2.45, 2.75) is 48.8 Å². The van der Waals surface area contributed by atoms with Crippen molar-refractivity contribution in [2.24, 2.45) is 0 Å². The summed E-state index contributed by atoms with van der Waals surface area (Å²) in [5.41, 5.74) is 1.36. The molecule has 98 valence electrons. The maximum atomic E-state index is 3.18. The van der Waals surface area contributed by atoms with Crippen LogP contribution in [0.1, 0.15) is 37.7 Å². The molecule has 0 saturated carbocycles. The molecule has 0 aliphatic heterocycles. The molecule has 1 aliphatic rings. The average molecular weight is 261 g/mol. The van der Waals surface area contributed by atoms with Gasteiger partial charge in [0.1, 0.15) is 0 Å². The van der Waals surface area contributed by atoms with Crippen LogP contribution in [0.2, 0.25) is 0 Å². The second kappa shape index (κ2) is 7.65. The van der Waals surface area contributed by atoms with Gasteiger partial charge in [-0.25, -0.2) is 0 Å². The van der Waals surface area contributed by atoms with Crippen molar-refractivity contribution in [3.05, 3.63) is 42.0 Å². The topological polar surface area (TPSA) is 12.0 Å². The molecule has 1 aromatic rings. The molecule has 0 bridgehead atoms. The van der Waals surface area contributed by atoms with E-state index in [-0.39, 0.29) is 0 Å². The van der Waals surface area contributed by atoms with Crippen LogP contribution < -0.4 is 5.32 Å². The normalized spacial score (nSPS) is 22.2. The molecule has 1 nitrogen and oxygen atoms in total. The number of benzene rings is 1. The molecular weight excluding hydrogens is 238 g/mol. The lowest BCUT2D eigenvalue weighted by atomic mass is 10.1. The molecule has 0 radical (unpaired) electrons. The number of hydrogen-bond acceptors (Lipinski definition) is 2. The van der Waals surface area contributed by atoms with Gasteiger partial charge in [0.15, 0.2) is 0 Å². The summed E-state index contributed by atoms with van der Waals surface area (Å²) >= 11 is 2.01. The van der Waals surface area contributed by atoms with Gasteiger partial charge < -0.3 is 5.32 Å². The number of hydrogen-bond donors (Lipinski definition) is 1. The highest BCUT2D eigenvalue weighted by atomic mass is 32.2. The van der Waals surface area contributed by atoms with Crippen molar-refractivity contribution in [1.82, 2.24) is 5.32 Å². The molecule has 18 heavy (non-hydrogen) atoms. The van der Waals surface area contributed by atoms with E-state index in [1.807, 2.05) is 18.8 Å². The van der Waals surface area contributed by atoms with Gasteiger partial charge in [-0.05, 0) is 44.0 Å². The molecular formula is C16H23NS. The van der Waals surface area contributed by atoms with Gasteiger partial charge in [0.25, 0.3) is 0 Å². The van der Waals surface area contributed by atoms with Gasteiger partial charge in [0, 0.05) is 16.7 Å². The number of rotatable bonds is 4. The third-order valence-corrected chi connectivity index (χ3v) is 4.54. The predicted octanol–water partition coefficient (Wildman–Crippen LogP) is 4.39. The van der Waals surface area contributed by atoms with Gasteiger partial charge >= 0.3 is 0 Å².